The molecule has 5 nitrogen and oxygen atoms in total. The molecular formula is C15H19NO4S. The lowest BCUT2D eigenvalue weighted by molar-refractivity contribution is 0.305. The summed E-state index contributed by atoms with van der Waals surface area (Å²) in [5.74, 6) is 5.91. The summed E-state index contributed by atoms with van der Waals surface area (Å²) in [7, 11) is -2.17. The van der Waals surface area contributed by atoms with Gasteiger partial charge in [0, 0.05) is 18.0 Å². The van der Waals surface area contributed by atoms with Crippen molar-refractivity contribution in [3.05, 3.63) is 23.8 Å². The van der Waals surface area contributed by atoms with Gasteiger partial charge in [-0.3, -0.25) is 0 Å². The Kier molecular flexibility index (Phi) is 5.23. The molecule has 0 heterocycles. The van der Waals surface area contributed by atoms with Crippen LogP contribution in [0.2, 0.25) is 0 Å². The summed E-state index contributed by atoms with van der Waals surface area (Å²) in [6.45, 7) is -0.0163. The first-order chi connectivity index (χ1) is 10.1. The second-order valence-corrected chi connectivity index (χ2v) is 6.57. The van der Waals surface area contributed by atoms with Crippen molar-refractivity contribution >= 4 is 10.0 Å². The molecule has 1 fully saturated rings. The molecule has 0 saturated heterocycles. The molecule has 1 aromatic carbocycles. The van der Waals surface area contributed by atoms with Crippen LogP contribution in [0.3, 0.4) is 0 Å². The molecule has 1 aromatic rings. The normalized spacial score (nSPS) is 15.0. The van der Waals surface area contributed by atoms with E-state index in [9.17, 15) is 8.42 Å². The van der Waals surface area contributed by atoms with E-state index in [0.29, 0.717) is 17.7 Å². The summed E-state index contributed by atoms with van der Waals surface area (Å²) < 4.78 is 32.7. The number of hydrogen-bond donors (Lipinski definition) is 2. The second kappa shape index (κ2) is 6.94. The van der Waals surface area contributed by atoms with Gasteiger partial charge in [-0.15, -0.1) is 0 Å². The van der Waals surface area contributed by atoms with Crippen LogP contribution in [0.25, 0.3) is 0 Å². The van der Waals surface area contributed by atoms with Crippen LogP contribution in [0.15, 0.2) is 23.1 Å². The minimum atomic E-state index is -3.61. The lowest BCUT2D eigenvalue weighted by Gasteiger charge is -2.26. The van der Waals surface area contributed by atoms with Crippen LogP contribution in [-0.4, -0.2) is 33.3 Å². The van der Waals surface area contributed by atoms with Crippen LogP contribution in [-0.2, 0) is 10.0 Å². The summed E-state index contributed by atoms with van der Waals surface area (Å²) in [5.41, 5.74) is 0.582. The molecule has 0 aliphatic heterocycles. The Morgan fingerprint density at radius 1 is 1.43 bits per heavy atom. The highest BCUT2D eigenvalue weighted by Crippen LogP contribution is 2.27. The number of benzene rings is 1. The fourth-order valence-electron chi connectivity index (χ4n) is 1.99. The highest BCUT2D eigenvalue weighted by Gasteiger charge is 2.27. The summed E-state index contributed by atoms with van der Waals surface area (Å²) in [4.78, 5) is 0.104. The molecule has 21 heavy (non-hydrogen) atoms. The van der Waals surface area contributed by atoms with E-state index < -0.39 is 10.0 Å². The van der Waals surface area contributed by atoms with Crippen LogP contribution >= 0.6 is 0 Å². The van der Waals surface area contributed by atoms with Gasteiger partial charge >= 0.3 is 0 Å². The Morgan fingerprint density at radius 3 is 2.76 bits per heavy atom. The number of ether oxygens (including phenoxy) is 1. The molecule has 2 N–H and O–H groups in total. The Hall–Kier alpha value is -1.55. The zero-order valence-electron chi connectivity index (χ0n) is 11.9. The van der Waals surface area contributed by atoms with E-state index in [2.05, 4.69) is 16.6 Å². The van der Waals surface area contributed by atoms with Crippen molar-refractivity contribution in [1.29, 1.82) is 0 Å². The van der Waals surface area contributed by atoms with Crippen molar-refractivity contribution < 1.29 is 18.3 Å². The van der Waals surface area contributed by atoms with E-state index >= 15 is 0 Å². The number of methoxy groups -OCH3 is 1. The lowest BCUT2D eigenvalue weighted by atomic mass is 9.94. The number of aliphatic hydroxyl groups is 1. The molecular weight excluding hydrogens is 290 g/mol. The minimum Gasteiger partial charge on any atom is -0.495 e. The Morgan fingerprint density at radius 2 is 2.19 bits per heavy atom. The molecule has 1 aliphatic carbocycles. The zero-order chi connectivity index (χ0) is 15.3. The van der Waals surface area contributed by atoms with Crippen molar-refractivity contribution in [2.45, 2.75) is 36.6 Å². The summed E-state index contributed by atoms with van der Waals surface area (Å²) in [6, 6.07) is 4.82. The SMILES string of the molecule is COc1ccc(C#CCCO)cc1S(=O)(=O)NC1CCC1. The van der Waals surface area contributed by atoms with E-state index in [0.717, 1.165) is 19.3 Å². The van der Waals surface area contributed by atoms with Gasteiger partial charge in [0.1, 0.15) is 10.6 Å². The molecule has 2 rings (SSSR count). The third-order valence-corrected chi connectivity index (χ3v) is 4.89. The molecule has 1 aliphatic rings. The third-order valence-electron chi connectivity index (χ3n) is 3.35. The molecule has 0 aromatic heterocycles. The molecule has 0 amide bonds. The average molecular weight is 309 g/mol. The third kappa shape index (κ3) is 3.97. The van der Waals surface area contributed by atoms with Gasteiger partial charge in [0.2, 0.25) is 10.0 Å². The van der Waals surface area contributed by atoms with Crippen molar-refractivity contribution in [3.63, 3.8) is 0 Å². The maximum absolute atomic E-state index is 12.4. The summed E-state index contributed by atoms with van der Waals surface area (Å²) in [6.07, 6.45) is 3.15. The zero-order valence-corrected chi connectivity index (χ0v) is 12.7. The summed E-state index contributed by atoms with van der Waals surface area (Å²) in [5, 5.41) is 8.71. The highest BCUT2D eigenvalue weighted by atomic mass is 32.2. The Bertz CT molecular complexity index is 654. The molecule has 114 valence electrons. The number of sulfonamides is 1. The first kappa shape index (κ1) is 15.8. The summed E-state index contributed by atoms with van der Waals surface area (Å²) >= 11 is 0. The van der Waals surface area contributed by atoms with Gasteiger partial charge < -0.3 is 9.84 Å². The van der Waals surface area contributed by atoms with Crippen molar-refractivity contribution in [2.75, 3.05) is 13.7 Å². The maximum Gasteiger partial charge on any atom is 0.244 e. The van der Waals surface area contributed by atoms with Crippen molar-refractivity contribution in [3.8, 4) is 17.6 Å². The fraction of sp³-hybridized carbons (Fsp3) is 0.467. The predicted molar refractivity (Wildman–Crippen MR) is 79.5 cm³/mol. The molecule has 0 unspecified atom stereocenters. The van der Waals surface area contributed by atoms with Crippen LogP contribution in [0.4, 0.5) is 0 Å². The van der Waals surface area contributed by atoms with E-state index in [-0.39, 0.29) is 17.5 Å². The quantitative estimate of drug-likeness (QED) is 0.803. The van der Waals surface area contributed by atoms with Gasteiger partial charge in [-0.1, -0.05) is 18.3 Å². The highest BCUT2D eigenvalue weighted by molar-refractivity contribution is 7.89. The van der Waals surface area contributed by atoms with Crippen molar-refractivity contribution in [2.24, 2.45) is 0 Å². The maximum atomic E-state index is 12.4. The van der Waals surface area contributed by atoms with Crippen molar-refractivity contribution in [1.82, 2.24) is 4.72 Å². The standard InChI is InChI=1S/C15H19NO4S/c1-20-14-9-8-12(5-2-3-10-17)11-15(14)21(18,19)16-13-6-4-7-13/h8-9,11,13,16-17H,3-4,6-7,10H2,1H3. The smallest absolute Gasteiger partial charge is 0.244 e. The fourth-order valence-corrected chi connectivity index (χ4v) is 3.49. The Labute approximate surface area is 125 Å². The van der Waals surface area contributed by atoms with E-state index in [4.69, 9.17) is 9.84 Å². The first-order valence-corrected chi connectivity index (χ1v) is 8.35. The molecule has 0 spiro atoms. The predicted octanol–water partition coefficient (Wildman–Crippen LogP) is 1.26. The first-order valence-electron chi connectivity index (χ1n) is 6.87. The monoisotopic (exact) mass is 309 g/mol. The Balaban J connectivity index is 2.31. The molecule has 0 atom stereocenters. The van der Waals surface area contributed by atoms with Gasteiger partial charge in [0.25, 0.3) is 0 Å². The van der Waals surface area contributed by atoms with Gasteiger partial charge in [-0.2, -0.15) is 0 Å². The van der Waals surface area contributed by atoms with Crippen LogP contribution < -0.4 is 9.46 Å². The number of rotatable bonds is 5. The van der Waals surface area contributed by atoms with E-state index in [1.165, 1.54) is 13.2 Å². The van der Waals surface area contributed by atoms with Gasteiger partial charge in [-0.25, -0.2) is 13.1 Å². The molecule has 6 heteroatoms. The molecule has 0 bridgehead atoms. The lowest BCUT2D eigenvalue weighted by Crippen LogP contribution is -2.39. The number of nitrogens with one attached hydrogen (secondary N) is 1. The average Bonchev–Trinajstić information content (AvgIpc) is 2.43. The number of hydrogen-bond acceptors (Lipinski definition) is 4. The number of aliphatic hydroxyl groups excluding tert-OH is 1. The largest absolute Gasteiger partial charge is 0.495 e. The van der Waals surface area contributed by atoms with Gasteiger partial charge in [0.05, 0.1) is 13.7 Å². The second-order valence-electron chi connectivity index (χ2n) is 4.89. The van der Waals surface area contributed by atoms with E-state index in [1.807, 2.05) is 0 Å². The van der Waals surface area contributed by atoms with Gasteiger partial charge in [-0.05, 0) is 31.0 Å². The van der Waals surface area contributed by atoms with E-state index in [1.54, 1.807) is 12.1 Å². The van der Waals surface area contributed by atoms with Gasteiger partial charge in [0.15, 0.2) is 0 Å². The molecule has 1 saturated carbocycles. The topological polar surface area (TPSA) is 75.6 Å². The molecule has 0 radical (unpaired) electrons. The minimum absolute atomic E-state index is 0.0163. The van der Waals surface area contributed by atoms with Crippen LogP contribution in [0.5, 0.6) is 5.75 Å². The van der Waals surface area contributed by atoms with Crippen LogP contribution in [0, 0.1) is 11.8 Å². The van der Waals surface area contributed by atoms with Crippen LogP contribution in [0.1, 0.15) is 31.2 Å².